The topological polar surface area (TPSA) is 26.0 Å². The Labute approximate surface area is 51.6 Å². The van der Waals surface area contributed by atoms with E-state index in [0.717, 1.165) is 6.54 Å². The minimum absolute atomic E-state index is 0.556. The molecule has 8 heavy (non-hydrogen) atoms. The zero-order chi connectivity index (χ0) is 6.57. The van der Waals surface area contributed by atoms with Crippen LogP contribution < -0.4 is 5.73 Å². The van der Waals surface area contributed by atoms with Gasteiger partial charge in [0.15, 0.2) is 0 Å². The molecule has 0 bridgehead atoms. The highest BCUT2D eigenvalue weighted by Crippen LogP contribution is 2.05. The monoisotopic (exact) mass is 113 g/mol. The molecule has 0 aromatic carbocycles. The van der Waals surface area contributed by atoms with Crippen molar-refractivity contribution in [2.75, 3.05) is 6.54 Å². The number of rotatable bonds is 2. The van der Waals surface area contributed by atoms with Gasteiger partial charge in [0.05, 0.1) is 0 Å². The van der Waals surface area contributed by atoms with Crippen molar-refractivity contribution in [3.63, 3.8) is 0 Å². The molecule has 1 heteroatoms. The summed E-state index contributed by atoms with van der Waals surface area (Å²) in [5.41, 5.74) is 6.79. The second kappa shape index (κ2) is 3.67. The quantitative estimate of drug-likeness (QED) is 0.540. The molecule has 1 atom stereocenters. The lowest BCUT2D eigenvalue weighted by atomic mass is 10.0. The molecule has 0 aromatic heterocycles. The maximum absolute atomic E-state index is 5.41. The predicted molar refractivity (Wildman–Crippen MR) is 37.6 cm³/mol. The van der Waals surface area contributed by atoms with Gasteiger partial charge in [0, 0.05) is 0 Å². The summed E-state index contributed by atoms with van der Waals surface area (Å²) in [4.78, 5) is 0. The van der Waals surface area contributed by atoms with E-state index in [9.17, 15) is 0 Å². The molecule has 0 aliphatic rings. The van der Waals surface area contributed by atoms with Crippen molar-refractivity contribution < 1.29 is 0 Å². The molecule has 1 unspecified atom stereocenters. The third-order valence-electron chi connectivity index (χ3n) is 1.59. The Morgan fingerprint density at radius 3 is 2.38 bits per heavy atom. The molecule has 0 spiro atoms. The largest absolute Gasteiger partial charge is 0.330 e. The van der Waals surface area contributed by atoms with E-state index in [1.807, 2.05) is 6.92 Å². The minimum atomic E-state index is 0.556. The Morgan fingerprint density at radius 2 is 2.25 bits per heavy atom. The summed E-state index contributed by atoms with van der Waals surface area (Å²) in [7, 11) is 0. The molecule has 2 N–H and O–H groups in total. The summed E-state index contributed by atoms with van der Waals surface area (Å²) in [6, 6.07) is 0. The molecule has 0 saturated carbocycles. The van der Waals surface area contributed by atoms with E-state index in [-0.39, 0.29) is 0 Å². The lowest BCUT2D eigenvalue weighted by Crippen LogP contribution is -2.11. The fourth-order valence-electron chi connectivity index (χ4n) is 0.470. The van der Waals surface area contributed by atoms with Crippen LogP contribution >= 0.6 is 0 Å². The third-order valence-corrected chi connectivity index (χ3v) is 1.59. The van der Waals surface area contributed by atoms with Crippen LogP contribution in [0.3, 0.4) is 0 Å². The molecule has 0 rings (SSSR count). The first kappa shape index (κ1) is 7.70. The molecule has 48 valence electrons. The standard InChI is InChI=1S/C7H15N/c1-4-6(2)7(3)5-8/h4,7H,5,8H2,1-3H3/b6-4+. The highest BCUT2D eigenvalue weighted by molar-refractivity contribution is 5.00. The fourth-order valence-corrected chi connectivity index (χ4v) is 0.470. The fraction of sp³-hybridized carbons (Fsp3) is 0.714. The van der Waals surface area contributed by atoms with Crippen LogP contribution in [0.1, 0.15) is 20.8 Å². The molecule has 0 fully saturated rings. The van der Waals surface area contributed by atoms with Crippen LogP contribution in [0.25, 0.3) is 0 Å². The smallest absolute Gasteiger partial charge is 0.00143 e. The second-order valence-corrected chi connectivity index (χ2v) is 2.17. The van der Waals surface area contributed by atoms with E-state index in [1.54, 1.807) is 0 Å². The molecular formula is C7H15N. The van der Waals surface area contributed by atoms with Crippen molar-refractivity contribution in [2.45, 2.75) is 20.8 Å². The molecule has 0 amide bonds. The van der Waals surface area contributed by atoms with Gasteiger partial charge in [-0.15, -0.1) is 0 Å². The van der Waals surface area contributed by atoms with Gasteiger partial charge in [-0.3, -0.25) is 0 Å². The highest BCUT2D eigenvalue weighted by atomic mass is 14.5. The highest BCUT2D eigenvalue weighted by Gasteiger charge is 1.97. The molecular weight excluding hydrogens is 98.1 g/mol. The van der Waals surface area contributed by atoms with Crippen LogP contribution in [0.5, 0.6) is 0 Å². The van der Waals surface area contributed by atoms with Gasteiger partial charge >= 0.3 is 0 Å². The Balaban J connectivity index is 3.63. The summed E-state index contributed by atoms with van der Waals surface area (Å²) >= 11 is 0. The third kappa shape index (κ3) is 2.12. The van der Waals surface area contributed by atoms with E-state index in [2.05, 4.69) is 19.9 Å². The van der Waals surface area contributed by atoms with Gasteiger partial charge in [-0.1, -0.05) is 18.6 Å². The van der Waals surface area contributed by atoms with E-state index < -0.39 is 0 Å². The number of allylic oxidation sites excluding steroid dienone is 1. The van der Waals surface area contributed by atoms with Crippen LogP contribution in [-0.4, -0.2) is 6.54 Å². The predicted octanol–water partition coefficient (Wildman–Crippen LogP) is 1.55. The Bertz CT molecular complexity index is 84.4. The van der Waals surface area contributed by atoms with Gasteiger partial charge < -0.3 is 5.73 Å². The molecule has 0 radical (unpaired) electrons. The van der Waals surface area contributed by atoms with Crippen LogP contribution in [-0.2, 0) is 0 Å². The SMILES string of the molecule is C/C=C(\C)C(C)CN. The molecule has 0 aliphatic carbocycles. The second-order valence-electron chi connectivity index (χ2n) is 2.17. The van der Waals surface area contributed by atoms with Crippen LogP contribution in [0.15, 0.2) is 11.6 Å². The number of hydrogen-bond acceptors (Lipinski definition) is 1. The lowest BCUT2D eigenvalue weighted by molar-refractivity contribution is 0.692. The first-order chi connectivity index (χ1) is 3.72. The molecule has 0 aliphatic heterocycles. The Hall–Kier alpha value is -0.300. The Kier molecular flexibility index (Phi) is 3.53. The molecule has 0 aromatic rings. The van der Waals surface area contributed by atoms with Gasteiger partial charge in [-0.05, 0) is 26.3 Å². The summed E-state index contributed by atoms with van der Waals surface area (Å²) in [5.74, 6) is 0.556. The van der Waals surface area contributed by atoms with E-state index in [4.69, 9.17) is 5.73 Å². The van der Waals surface area contributed by atoms with Gasteiger partial charge in [0.1, 0.15) is 0 Å². The van der Waals surface area contributed by atoms with Gasteiger partial charge in [-0.2, -0.15) is 0 Å². The molecule has 0 heterocycles. The van der Waals surface area contributed by atoms with Crippen molar-refractivity contribution in [3.8, 4) is 0 Å². The normalized spacial score (nSPS) is 16.2. The maximum atomic E-state index is 5.41. The van der Waals surface area contributed by atoms with Crippen molar-refractivity contribution >= 4 is 0 Å². The summed E-state index contributed by atoms with van der Waals surface area (Å²) in [6.07, 6.45) is 2.11. The summed E-state index contributed by atoms with van der Waals surface area (Å²) < 4.78 is 0. The van der Waals surface area contributed by atoms with Crippen LogP contribution in [0, 0.1) is 5.92 Å². The summed E-state index contributed by atoms with van der Waals surface area (Å²) in [5, 5.41) is 0. The zero-order valence-electron chi connectivity index (χ0n) is 5.94. The van der Waals surface area contributed by atoms with E-state index in [1.165, 1.54) is 5.57 Å². The van der Waals surface area contributed by atoms with E-state index in [0.29, 0.717) is 5.92 Å². The van der Waals surface area contributed by atoms with Gasteiger partial charge in [-0.25, -0.2) is 0 Å². The molecule has 0 saturated heterocycles. The van der Waals surface area contributed by atoms with Crippen molar-refractivity contribution in [1.82, 2.24) is 0 Å². The lowest BCUT2D eigenvalue weighted by Gasteiger charge is -2.06. The number of hydrogen-bond donors (Lipinski definition) is 1. The van der Waals surface area contributed by atoms with Crippen molar-refractivity contribution in [1.29, 1.82) is 0 Å². The van der Waals surface area contributed by atoms with Gasteiger partial charge in [0.25, 0.3) is 0 Å². The first-order valence-corrected chi connectivity index (χ1v) is 3.05. The van der Waals surface area contributed by atoms with Crippen molar-refractivity contribution in [3.05, 3.63) is 11.6 Å². The zero-order valence-corrected chi connectivity index (χ0v) is 5.94. The van der Waals surface area contributed by atoms with Crippen LogP contribution in [0.2, 0.25) is 0 Å². The van der Waals surface area contributed by atoms with Crippen molar-refractivity contribution in [2.24, 2.45) is 11.7 Å². The maximum Gasteiger partial charge on any atom is -0.00143 e. The summed E-state index contributed by atoms with van der Waals surface area (Å²) in [6.45, 7) is 7.05. The average molecular weight is 113 g/mol. The molecule has 1 nitrogen and oxygen atoms in total. The Morgan fingerprint density at radius 1 is 1.75 bits per heavy atom. The average Bonchev–Trinajstić information content (AvgIpc) is 1.84. The minimum Gasteiger partial charge on any atom is -0.330 e. The number of nitrogens with two attached hydrogens (primary N) is 1. The van der Waals surface area contributed by atoms with Crippen LogP contribution in [0.4, 0.5) is 0 Å². The first-order valence-electron chi connectivity index (χ1n) is 3.05. The van der Waals surface area contributed by atoms with Gasteiger partial charge in [0.2, 0.25) is 0 Å². The van der Waals surface area contributed by atoms with E-state index >= 15 is 0 Å².